The summed E-state index contributed by atoms with van der Waals surface area (Å²) >= 11 is 5.88. The third-order valence-electron chi connectivity index (χ3n) is 2.15. The Morgan fingerprint density at radius 2 is 2.06 bits per heavy atom. The molecule has 102 valence electrons. The summed E-state index contributed by atoms with van der Waals surface area (Å²) in [6.45, 7) is 1.25. The van der Waals surface area contributed by atoms with Gasteiger partial charge in [-0.1, -0.05) is 23.7 Å². The van der Waals surface area contributed by atoms with Crippen LogP contribution in [0.5, 0.6) is 5.75 Å². The third kappa shape index (κ3) is 6.69. The van der Waals surface area contributed by atoms with Crippen molar-refractivity contribution < 1.29 is 9.53 Å². The number of nitrogens with two attached hydrogens (primary N) is 1. The van der Waals surface area contributed by atoms with Crippen molar-refractivity contribution in [1.29, 1.82) is 0 Å². The minimum absolute atomic E-state index is 0. The Bertz CT molecular complexity index is 362. The van der Waals surface area contributed by atoms with Crippen LogP contribution in [0.25, 0.3) is 0 Å². The highest BCUT2D eigenvalue weighted by molar-refractivity contribution is 6.32. The molecular formula is C12H18Cl2N2O2. The minimum Gasteiger partial charge on any atom is -0.482 e. The van der Waals surface area contributed by atoms with Crippen molar-refractivity contribution in [1.82, 2.24) is 5.32 Å². The first kappa shape index (κ1) is 17.0. The maximum absolute atomic E-state index is 11.4. The fraction of sp³-hybridized carbons (Fsp3) is 0.417. The van der Waals surface area contributed by atoms with Crippen LogP contribution in [0.15, 0.2) is 24.3 Å². The Morgan fingerprint density at radius 3 is 2.72 bits per heavy atom. The SMILES string of the molecule is Cl.NCCCCNC(=O)COc1ccccc1Cl. The highest BCUT2D eigenvalue weighted by Gasteiger charge is 2.04. The summed E-state index contributed by atoms with van der Waals surface area (Å²) in [5.41, 5.74) is 5.34. The first-order valence-corrected chi connectivity index (χ1v) is 5.96. The Morgan fingerprint density at radius 1 is 1.33 bits per heavy atom. The number of para-hydroxylation sites is 1. The summed E-state index contributed by atoms with van der Waals surface area (Å²) < 4.78 is 5.29. The molecule has 0 aliphatic rings. The van der Waals surface area contributed by atoms with Crippen LogP contribution in [0, 0.1) is 0 Å². The molecule has 0 atom stereocenters. The van der Waals surface area contributed by atoms with Gasteiger partial charge in [0.2, 0.25) is 0 Å². The number of halogens is 2. The lowest BCUT2D eigenvalue weighted by atomic mass is 10.3. The monoisotopic (exact) mass is 292 g/mol. The average molecular weight is 293 g/mol. The summed E-state index contributed by atoms with van der Waals surface area (Å²) in [4.78, 5) is 11.4. The van der Waals surface area contributed by atoms with Crippen molar-refractivity contribution in [2.75, 3.05) is 19.7 Å². The summed E-state index contributed by atoms with van der Waals surface area (Å²) in [5, 5.41) is 3.25. The maximum atomic E-state index is 11.4. The number of benzene rings is 1. The molecule has 0 bridgehead atoms. The van der Waals surface area contributed by atoms with E-state index in [-0.39, 0.29) is 24.9 Å². The summed E-state index contributed by atoms with van der Waals surface area (Å²) in [5.74, 6) is 0.369. The molecule has 0 radical (unpaired) electrons. The van der Waals surface area contributed by atoms with E-state index in [1.165, 1.54) is 0 Å². The van der Waals surface area contributed by atoms with E-state index in [0.717, 1.165) is 12.8 Å². The topological polar surface area (TPSA) is 64.3 Å². The molecule has 1 aromatic carbocycles. The number of nitrogens with one attached hydrogen (secondary N) is 1. The van der Waals surface area contributed by atoms with Crippen molar-refractivity contribution >= 4 is 29.9 Å². The van der Waals surface area contributed by atoms with Gasteiger partial charge in [0.1, 0.15) is 5.75 Å². The molecule has 18 heavy (non-hydrogen) atoms. The van der Waals surface area contributed by atoms with Gasteiger partial charge in [0.15, 0.2) is 6.61 Å². The number of carbonyl (C=O) groups excluding carboxylic acids is 1. The molecule has 3 N–H and O–H groups in total. The molecule has 0 aliphatic carbocycles. The Balaban J connectivity index is 0.00000289. The zero-order valence-corrected chi connectivity index (χ0v) is 11.6. The van der Waals surface area contributed by atoms with Crippen molar-refractivity contribution in [3.63, 3.8) is 0 Å². The quantitative estimate of drug-likeness (QED) is 0.756. The van der Waals surface area contributed by atoms with Gasteiger partial charge in [0.25, 0.3) is 5.91 Å². The van der Waals surface area contributed by atoms with Crippen molar-refractivity contribution in [3.8, 4) is 5.75 Å². The van der Waals surface area contributed by atoms with Gasteiger partial charge < -0.3 is 15.8 Å². The van der Waals surface area contributed by atoms with Gasteiger partial charge in [0.05, 0.1) is 5.02 Å². The van der Waals surface area contributed by atoms with Crippen LogP contribution in [0.1, 0.15) is 12.8 Å². The third-order valence-corrected chi connectivity index (χ3v) is 2.46. The van der Waals surface area contributed by atoms with Crippen LogP contribution in [0.2, 0.25) is 5.02 Å². The van der Waals surface area contributed by atoms with E-state index in [1.807, 2.05) is 6.07 Å². The van der Waals surface area contributed by atoms with Crippen LogP contribution < -0.4 is 15.8 Å². The van der Waals surface area contributed by atoms with Crippen molar-refractivity contribution in [2.24, 2.45) is 5.73 Å². The average Bonchev–Trinajstić information content (AvgIpc) is 2.34. The molecule has 1 aromatic rings. The van der Waals surface area contributed by atoms with E-state index in [9.17, 15) is 4.79 Å². The number of rotatable bonds is 7. The molecule has 0 aromatic heterocycles. The summed E-state index contributed by atoms with van der Waals surface area (Å²) in [7, 11) is 0. The van der Waals surface area contributed by atoms with Crippen molar-refractivity contribution in [3.05, 3.63) is 29.3 Å². The summed E-state index contributed by atoms with van der Waals surface area (Å²) in [6, 6.07) is 7.06. The molecule has 0 saturated heterocycles. The predicted octanol–water partition coefficient (Wildman–Crippen LogP) is 2.00. The second-order valence-corrected chi connectivity index (χ2v) is 3.97. The predicted molar refractivity (Wildman–Crippen MR) is 75.5 cm³/mol. The highest BCUT2D eigenvalue weighted by atomic mass is 35.5. The second kappa shape index (κ2) is 10.00. The Kier molecular flexibility index (Phi) is 9.46. The molecule has 0 heterocycles. The van der Waals surface area contributed by atoms with Gasteiger partial charge in [-0.15, -0.1) is 12.4 Å². The minimum atomic E-state index is -0.151. The van der Waals surface area contributed by atoms with Crippen LogP contribution in [-0.4, -0.2) is 25.6 Å². The second-order valence-electron chi connectivity index (χ2n) is 3.56. The van der Waals surface area contributed by atoms with Crippen LogP contribution >= 0.6 is 24.0 Å². The molecule has 0 saturated carbocycles. The molecule has 1 rings (SSSR count). The van der Waals surface area contributed by atoms with Gasteiger partial charge in [0, 0.05) is 6.54 Å². The first-order chi connectivity index (χ1) is 8.24. The van der Waals surface area contributed by atoms with E-state index in [4.69, 9.17) is 22.1 Å². The van der Waals surface area contributed by atoms with E-state index in [2.05, 4.69) is 5.32 Å². The van der Waals surface area contributed by atoms with Crippen LogP contribution in [0.4, 0.5) is 0 Å². The molecule has 1 amide bonds. The fourth-order valence-corrected chi connectivity index (χ4v) is 1.44. The van der Waals surface area contributed by atoms with Gasteiger partial charge in [-0.05, 0) is 31.5 Å². The maximum Gasteiger partial charge on any atom is 0.257 e. The van der Waals surface area contributed by atoms with Crippen LogP contribution in [-0.2, 0) is 4.79 Å². The Labute approximate surface area is 118 Å². The number of amides is 1. The molecule has 6 heteroatoms. The largest absolute Gasteiger partial charge is 0.482 e. The molecular weight excluding hydrogens is 275 g/mol. The van der Waals surface area contributed by atoms with E-state index >= 15 is 0 Å². The lowest BCUT2D eigenvalue weighted by Gasteiger charge is -2.08. The van der Waals surface area contributed by atoms with Gasteiger partial charge in [-0.3, -0.25) is 4.79 Å². The standard InChI is InChI=1S/C12H17ClN2O2.ClH/c13-10-5-1-2-6-11(10)17-9-12(16)15-8-4-3-7-14;/h1-2,5-6H,3-4,7-9,14H2,(H,15,16);1H. The normalized spacial score (nSPS) is 9.44. The van der Waals surface area contributed by atoms with Gasteiger partial charge in [-0.25, -0.2) is 0 Å². The lowest BCUT2D eigenvalue weighted by molar-refractivity contribution is -0.123. The van der Waals surface area contributed by atoms with Gasteiger partial charge in [-0.2, -0.15) is 0 Å². The smallest absolute Gasteiger partial charge is 0.257 e. The van der Waals surface area contributed by atoms with E-state index < -0.39 is 0 Å². The van der Waals surface area contributed by atoms with E-state index in [1.54, 1.807) is 18.2 Å². The highest BCUT2D eigenvalue weighted by Crippen LogP contribution is 2.22. The number of carbonyl (C=O) groups is 1. The molecule has 0 aliphatic heterocycles. The Hall–Kier alpha value is -0.970. The molecule has 0 unspecified atom stereocenters. The van der Waals surface area contributed by atoms with Crippen LogP contribution in [0.3, 0.4) is 0 Å². The first-order valence-electron chi connectivity index (χ1n) is 5.58. The number of hydrogen-bond acceptors (Lipinski definition) is 3. The molecule has 4 nitrogen and oxygen atoms in total. The summed E-state index contributed by atoms with van der Waals surface area (Å²) in [6.07, 6.45) is 1.79. The number of hydrogen-bond donors (Lipinski definition) is 2. The van der Waals surface area contributed by atoms with E-state index in [0.29, 0.717) is 23.9 Å². The zero-order chi connectivity index (χ0) is 12.5. The zero-order valence-electron chi connectivity index (χ0n) is 10.0. The molecule has 0 fully saturated rings. The number of ether oxygens (including phenoxy) is 1. The van der Waals surface area contributed by atoms with Gasteiger partial charge >= 0.3 is 0 Å². The molecule has 0 spiro atoms. The fourth-order valence-electron chi connectivity index (χ4n) is 1.25. The number of unbranched alkanes of at least 4 members (excludes halogenated alkanes) is 1. The van der Waals surface area contributed by atoms with Crippen molar-refractivity contribution in [2.45, 2.75) is 12.8 Å². The lowest BCUT2D eigenvalue weighted by Crippen LogP contribution is -2.29.